The van der Waals surface area contributed by atoms with Gasteiger partial charge >= 0.3 is 0 Å². The maximum Gasteiger partial charge on any atom is 0.261 e. The summed E-state index contributed by atoms with van der Waals surface area (Å²) in [6.45, 7) is 11.0. The number of ether oxygens (including phenoxy) is 7. The summed E-state index contributed by atoms with van der Waals surface area (Å²) in [4.78, 5) is 0. The van der Waals surface area contributed by atoms with Crippen LogP contribution in [0.3, 0.4) is 0 Å². The minimum absolute atomic E-state index is 0.0480. The van der Waals surface area contributed by atoms with Gasteiger partial charge in [-0.25, -0.2) is 0 Å². The van der Waals surface area contributed by atoms with Crippen LogP contribution in [0.4, 0.5) is 0 Å². The van der Waals surface area contributed by atoms with Crippen molar-refractivity contribution < 1.29 is 37.6 Å². The first kappa shape index (κ1) is 37.8. The third-order valence-electron chi connectivity index (χ3n) is 10.1. The summed E-state index contributed by atoms with van der Waals surface area (Å²) in [5.41, 5.74) is 1.13. The van der Waals surface area contributed by atoms with Crippen molar-refractivity contribution >= 4 is 18.7 Å². The number of hydrogen-bond donors (Lipinski definition) is 0. The van der Waals surface area contributed by atoms with E-state index in [2.05, 4.69) is 100 Å². The molecular weight excluding hydrogens is 637 g/mol. The summed E-state index contributed by atoms with van der Waals surface area (Å²) < 4.78 is 50.6. The van der Waals surface area contributed by atoms with Crippen molar-refractivity contribution in [2.75, 3.05) is 41.2 Å². The molecule has 0 saturated carbocycles. The number of hydrogen-bond acceptors (Lipinski definition) is 8. The second kappa shape index (κ2) is 17.7. The van der Waals surface area contributed by atoms with Gasteiger partial charge in [-0.15, -0.1) is 0 Å². The Kier molecular flexibility index (Phi) is 13.6. The van der Waals surface area contributed by atoms with E-state index >= 15 is 0 Å². The lowest BCUT2D eigenvalue weighted by Crippen LogP contribution is -2.66. The minimum atomic E-state index is -2.68. The number of methoxy groups -OCH3 is 3. The van der Waals surface area contributed by atoms with Crippen molar-refractivity contribution in [3.63, 3.8) is 0 Å². The van der Waals surface area contributed by atoms with E-state index < -0.39 is 20.7 Å². The topological polar surface area (TPSA) is 73.8 Å². The predicted octanol–water partition coefficient (Wildman–Crippen LogP) is 5.75. The molecule has 8 atom stereocenters. The molecule has 0 aliphatic carbocycles. The van der Waals surface area contributed by atoms with Gasteiger partial charge in [0, 0.05) is 40.3 Å². The zero-order chi connectivity index (χ0) is 34.9. The van der Waals surface area contributed by atoms with Crippen LogP contribution in [-0.4, -0.2) is 92.4 Å². The standard InChI is InChI=1S/C40H56O8Si/c1-29-34(48-39-38(43-7)37(42-6)36(41-5)28-45-39)25-31(47-35(29)27-44-26-30-17-11-8-12-18-30)23-24-46-49(40(2,3)4,32-19-13-9-14-20-32)33-21-15-10-16-22-33/h8-22,29,31,34-39H,23-28H2,1-7H3/t29-,31-,34+,35+,36-,37+,38-,39+/m1/s1. The Balaban J connectivity index is 1.35. The normalized spacial score (nSPS) is 28.0. The van der Waals surface area contributed by atoms with Crippen molar-refractivity contribution in [3.05, 3.63) is 96.6 Å². The van der Waals surface area contributed by atoms with Crippen LogP contribution in [0.5, 0.6) is 0 Å². The van der Waals surface area contributed by atoms with E-state index in [1.54, 1.807) is 21.3 Å². The van der Waals surface area contributed by atoms with Gasteiger partial charge in [0.2, 0.25) is 0 Å². The van der Waals surface area contributed by atoms with Gasteiger partial charge < -0.3 is 37.6 Å². The molecule has 0 amide bonds. The van der Waals surface area contributed by atoms with Gasteiger partial charge in [0.25, 0.3) is 8.32 Å². The quantitative estimate of drug-likeness (QED) is 0.187. The summed E-state index contributed by atoms with van der Waals surface area (Å²) in [7, 11) is 2.31. The van der Waals surface area contributed by atoms with Gasteiger partial charge in [0.15, 0.2) is 6.29 Å². The zero-order valence-corrected chi connectivity index (χ0v) is 31.3. The van der Waals surface area contributed by atoms with Crippen LogP contribution in [0.25, 0.3) is 0 Å². The average molecular weight is 693 g/mol. The van der Waals surface area contributed by atoms with Crippen molar-refractivity contribution in [2.24, 2.45) is 5.92 Å². The molecule has 9 heteroatoms. The van der Waals surface area contributed by atoms with Crippen LogP contribution in [0.15, 0.2) is 91.0 Å². The fourth-order valence-corrected chi connectivity index (χ4v) is 12.0. The van der Waals surface area contributed by atoms with Crippen molar-refractivity contribution in [3.8, 4) is 0 Å². The Morgan fingerprint density at radius 3 is 1.90 bits per heavy atom. The third kappa shape index (κ3) is 8.90. The second-order valence-corrected chi connectivity index (χ2v) is 18.5. The van der Waals surface area contributed by atoms with Crippen molar-refractivity contribution in [2.45, 2.75) is 95.1 Å². The van der Waals surface area contributed by atoms with E-state index in [-0.39, 0.29) is 41.5 Å². The molecule has 0 radical (unpaired) electrons. The molecule has 0 bridgehead atoms. The Labute approximate surface area is 294 Å². The molecule has 5 rings (SSSR count). The minimum Gasteiger partial charge on any atom is -0.407 e. The highest BCUT2D eigenvalue weighted by atomic mass is 28.4. The van der Waals surface area contributed by atoms with Crippen LogP contribution in [0, 0.1) is 5.92 Å². The van der Waals surface area contributed by atoms with Gasteiger partial charge in [-0.1, -0.05) is 119 Å². The van der Waals surface area contributed by atoms with Gasteiger partial charge in [0.05, 0.1) is 38.1 Å². The number of rotatable bonds is 15. The summed E-state index contributed by atoms with van der Waals surface area (Å²) in [5.74, 6) is 0.0480. The molecule has 3 aromatic rings. The molecule has 2 aliphatic heterocycles. The molecule has 2 saturated heterocycles. The predicted molar refractivity (Wildman–Crippen MR) is 194 cm³/mol. The molecular formula is C40H56O8Si. The third-order valence-corrected chi connectivity index (χ3v) is 15.2. The van der Waals surface area contributed by atoms with E-state index in [1.807, 2.05) is 18.2 Å². The largest absolute Gasteiger partial charge is 0.407 e. The molecule has 0 N–H and O–H groups in total. The summed E-state index contributed by atoms with van der Waals surface area (Å²) in [6.07, 6.45) is -0.613. The summed E-state index contributed by atoms with van der Waals surface area (Å²) in [6, 6.07) is 31.7. The Morgan fingerprint density at radius 2 is 1.35 bits per heavy atom. The Morgan fingerprint density at radius 1 is 0.755 bits per heavy atom. The van der Waals surface area contributed by atoms with Crippen LogP contribution >= 0.6 is 0 Å². The first-order valence-electron chi connectivity index (χ1n) is 17.6. The highest BCUT2D eigenvalue weighted by Gasteiger charge is 2.50. The number of benzene rings is 3. The molecule has 2 aliphatic rings. The lowest BCUT2D eigenvalue weighted by Gasteiger charge is -2.46. The summed E-state index contributed by atoms with van der Waals surface area (Å²) in [5, 5.41) is 2.42. The van der Waals surface area contributed by atoms with E-state index in [0.717, 1.165) is 12.0 Å². The molecule has 0 unspecified atom stereocenters. The fraction of sp³-hybridized carbons (Fsp3) is 0.550. The second-order valence-electron chi connectivity index (χ2n) is 14.2. The molecule has 268 valence electrons. The Hall–Kier alpha value is -2.44. The average Bonchev–Trinajstić information content (AvgIpc) is 3.12. The van der Waals surface area contributed by atoms with Crippen molar-refractivity contribution in [1.82, 2.24) is 0 Å². The van der Waals surface area contributed by atoms with Crippen LogP contribution < -0.4 is 10.4 Å². The van der Waals surface area contributed by atoms with Gasteiger partial charge in [-0.05, 0) is 27.4 Å². The zero-order valence-electron chi connectivity index (χ0n) is 30.3. The molecule has 8 nitrogen and oxygen atoms in total. The summed E-state index contributed by atoms with van der Waals surface area (Å²) >= 11 is 0. The SMILES string of the molecule is CO[C@@H]1[C@@H](OC)[C@H](O[C@H]2C[C@@H](CCO[Si](c3ccccc3)(c3ccccc3)C(C)(C)C)O[C@@H](COCc3ccccc3)[C@@H]2C)OC[C@H]1OC. The fourth-order valence-electron chi connectivity index (χ4n) is 7.44. The van der Waals surface area contributed by atoms with Gasteiger partial charge in [-0.2, -0.15) is 0 Å². The lowest BCUT2D eigenvalue weighted by atomic mass is 9.89. The highest BCUT2D eigenvalue weighted by molar-refractivity contribution is 6.99. The molecule has 0 spiro atoms. The van der Waals surface area contributed by atoms with E-state index in [9.17, 15) is 0 Å². The van der Waals surface area contributed by atoms with Crippen LogP contribution in [0.2, 0.25) is 5.04 Å². The highest BCUT2D eigenvalue weighted by Crippen LogP contribution is 2.38. The lowest BCUT2D eigenvalue weighted by molar-refractivity contribution is -0.309. The maximum absolute atomic E-state index is 7.25. The van der Waals surface area contributed by atoms with Gasteiger partial charge in [-0.3, -0.25) is 0 Å². The molecule has 2 fully saturated rings. The van der Waals surface area contributed by atoms with E-state index in [0.29, 0.717) is 32.8 Å². The molecule has 0 aromatic heterocycles. The van der Waals surface area contributed by atoms with Crippen LogP contribution in [0.1, 0.15) is 46.1 Å². The van der Waals surface area contributed by atoms with Crippen molar-refractivity contribution in [1.29, 1.82) is 0 Å². The molecule has 2 heterocycles. The molecule has 49 heavy (non-hydrogen) atoms. The Bertz CT molecular complexity index is 1330. The first-order chi connectivity index (χ1) is 23.7. The molecule has 3 aromatic carbocycles. The monoisotopic (exact) mass is 692 g/mol. The van der Waals surface area contributed by atoms with E-state index in [1.165, 1.54) is 10.4 Å². The van der Waals surface area contributed by atoms with E-state index in [4.69, 9.17) is 37.6 Å². The van der Waals surface area contributed by atoms with Gasteiger partial charge in [0.1, 0.15) is 18.3 Å². The maximum atomic E-state index is 7.25. The first-order valence-corrected chi connectivity index (χ1v) is 19.5. The van der Waals surface area contributed by atoms with Crippen LogP contribution in [-0.2, 0) is 44.2 Å². The smallest absolute Gasteiger partial charge is 0.261 e.